The van der Waals surface area contributed by atoms with E-state index in [0.717, 1.165) is 10.9 Å². The molecular formula is C12H18BrNO. The van der Waals surface area contributed by atoms with Crippen molar-refractivity contribution < 1.29 is 5.11 Å². The fraction of sp³-hybridized carbons (Fsp3) is 0.500. The number of nitrogens with one attached hydrogen (secondary N) is 1. The van der Waals surface area contributed by atoms with E-state index in [1.807, 2.05) is 19.1 Å². The minimum atomic E-state index is 0.138. The average molecular weight is 272 g/mol. The molecule has 0 heterocycles. The number of aliphatic hydroxyl groups excluding tert-OH is 1. The van der Waals surface area contributed by atoms with Crippen molar-refractivity contribution in [2.45, 2.75) is 32.4 Å². The minimum Gasteiger partial charge on any atom is -0.395 e. The Morgan fingerprint density at radius 3 is 2.40 bits per heavy atom. The molecule has 0 aliphatic rings. The first kappa shape index (κ1) is 12.7. The van der Waals surface area contributed by atoms with E-state index in [0.29, 0.717) is 6.04 Å². The summed E-state index contributed by atoms with van der Waals surface area (Å²) in [5, 5.41) is 12.4. The quantitative estimate of drug-likeness (QED) is 0.863. The molecular weight excluding hydrogens is 254 g/mol. The lowest BCUT2D eigenvalue weighted by Gasteiger charge is -2.21. The van der Waals surface area contributed by atoms with Crippen molar-refractivity contribution in [1.82, 2.24) is 5.32 Å². The zero-order valence-electron chi connectivity index (χ0n) is 9.20. The smallest absolute Gasteiger partial charge is 0.0582 e. The molecule has 15 heavy (non-hydrogen) atoms. The highest BCUT2D eigenvalue weighted by molar-refractivity contribution is 9.10. The Labute approximate surface area is 99.8 Å². The number of halogens is 1. The van der Waals surface area contributed by atoms with Gasteiger partial charge in [-0.3, -0.25) is 0 Å². The third-order valence-corrected chi connectivity index (χ3v) is 2.97. The second-order valence-corrected chi connectivity index (χ2v) is 4.68. The fourth-order valence-electron chi connectivity index (χ4n) is 1.54. The highest BCUT2D eigenvalue weighted by Crippen LogP contribution is 2.19. The van der Waals surface area contributed by atoms with Crippen molar-refractivity contribution in [2.24, 2.45) is 0 Å². The van der Waals surface area contributed by atoms with Gasteiger partial charge in [0.15, 0.2) is 0 Å². The molecule has 0 bridgehead atoms. The molecule has 0 fully saturated rings. The predicted molar refractivity (Wildman–Crippen MR) is 66.9 cm³/mol. The number of benzene rings is 1. The summed E-state index contributed by atoms with van der Waals surface area (Å²) in [6, 6.07) is 8.76. The van der Waals surface area contributed by atoms with E-state index in [1.165, 1.54) is 5.56 Å². The van der Waals surface area contributed by atoms with Gasteiger partial charge in [0.05, 0.1) is 6.61 Å². The fourth-order valence-corrected chi connectivity index (χ4v) is 1.81. The summed E-state index contributed by atoms with van der Waals surface area (Å²) in [6.07, 6.45) is 1.02. The first-order valence-electron chi connectivity index (χ1n) is 5.29. The monoisotopic (exact) mass is 271 g/mol. The van der Waals surface area contributed by atoms with E-state index in [4.69, 9.17) is 5.11 Å². The van der Waals surface area contributed by atoms with E-state index in [9.17, 15) is 0 Å². The second-order valence-electron chi connectivity index (χ2n) is 3.76. The van der Waals surface area contributed by atoms with Crippen LogP contribution in [0.1, 0.15) is 31.9 Å². The van der Waals surface area contributed by atoms with Crippen LogP contribution in [-0.2, 0) is 0 Å². The topological polar surface area (TPSA) is 32.3 Å². The van der Waals surface area contributed by atoms with Gasteiger partial charge in [-0.05, 0) is 31.0 Å². The van der Waals surface area contributed by atoms with E-state index >= 15 is 0 Å². The summed E-state index contributed by atoms with van der Waals surface area (Å²) < 4.78 is 1.09. The maximum Gasteiger partial charge on any atom is 0.0582 e. The van der Waals surface area contributed by atoms with Crippen LogP contribution in [0.5, 0.6) is 0 Å². The Hall–Kier alpha value is -0.380. The van der Waals surface area contributed by atoms with Crippen molar-refractivity contribution in [3.05, 3.63) is 34.3 Å². The molecule has 2 atom stereocenters. The summed E-state index contributed by atoms with van der Waals surface area (Å²) in [7, 11) is 0. The van der Waals surface area contributed by atoms with Crippen molar-refractivity contribution in [2.75, 3.05) is 6.61 Å². The molecule has 1 aromatic carbocycles. The molecule has 0 spiro atoms. The van der Waals surface area contributed by atoms with Crippen LogP contribution in [0.25, 0.3) is 0 Å². The molecule has 0 amide bonds. The van der Waals surface area contributed by atoms with Crippen LogP contribution in [0.15, 0.2) is 28.7 Å². The molecule has 1 aromatic rings. The SMILES string of the molecule is CC[C@H](N[C@@H](C)CO)c1ccc(Br)cc1. The molecule has 0 saturated carbocycles. The number of hydrogen-bond donors (Lipinski definition) is 2. The summed E-state index contributed by atoms with van der Waals surface area (Å²) in [6.45, 7) is 4.30. The normalized spacial score (nSPS) is 14.9. The highest BCUT2D eigenvalue weighted by atomic mass is 79.9. The molecule has 2 nitrogen and oxygen atoms in total. The lowest BCUT2D eigenvalue weighted by Crippen LogP contribution is -2.32. The summed E-state index contributed by atoms with van der Waals surface area (Å²) in [4.78, 5) is 0. The van der Waals surface area contributed by atoms with E-state index in [1.54, 1.807) is 0 Å². The van der Waals surface area contributed by atoms with Crippen molar-refractivity contribution in [3.63, 3.8) is 0 Å². The van der Waals surface area contributed by atoms with Crippen LogP contribution in [0.3, 0.4) is 0 Å². The van der Waals surface area contributed by atoms with Crippen molar-refractivity contribution >= 4 is 15.9 Å². The summed E-state index contributed by atoms with van der Waals surface area (Å²) in [5.41, 5.74) is 1.26. The Kier molecular flexibility index (Phi) is 5.29. The van der Waals surface area contributed by atoms with Gasteiger partial charge in [-0.1, -0.05) is 35.0 Å². The third-order valence-electron chi connectivity index (χ3n) is 2.44. The van der Waals surface area contributed by atoms with E-state index < -0.39 is 0 Å². The van der Waals surface area contributed by atoms with Gasteiger partial charge in [0.1, 0.15) is 0 Å². The number of aliphatic hydroxyl groups is 1. The Balaban J connectivity index is 2.69. The van der Waals surface area contributed by atoms with Crippen LogP contribution < -0.4 is 5.32 Å². The number of hydrogen-bond acceptors (Lipinski definition) is 2. The molecule has 0 aliphatic carbocycles. The van der Waals surface area contributed by atoms with Gasteiger partial charge in [-0.15, -0.1) is 0 Å². The van der Waals surface area contributed by atoms with Gasteiger partial charge in [0.2, 0.25) is 0 Å². The molecule has 0 aromatic heterocycles. The van der Waals surface area contributed by atoms with Crippen LogP contribution in [-0.4, -0.2) is 17.8 Å². The molecule has 0 unspecified atom stereocenters. The maximum atomic E-state index is 9.00. The van der Waals surface area contributed by atoms with Gasteiger partial charge in [0.25, 0.3) is 0 Å². The lowest BCUT2D eigenvalue weighted by molar-refractivity contribution is 0.239. The lowest BCUT2D eigenvalue weighted by atomic mass is 10.0. The maximum absolute atomic E-state index is 9.00. The third kappa shape index (κ3) is 3.93. The first-order chi connectivity index (χ1) is 7.17. The van der Waals surface area contributed by atoms with Gasteiger partial charge >= 0.3 is 0 Å². The van der Waals surface area contributed by atoms with Crippen molar-refractivity contribution in [1.29, 1.82) is 0 Å². The zero-order chi connectivity index (χ0) is 11.3. The predicted octanol–water partition coefficient (Wildman–Crippen LogP) is 2.87. The second kappa shape index (κ2) is 6.26. The summed E-state index contributed by atoms with van der Waals surface area (Å²) >= 11 is 3.42. The Bertz CT molecular complexity index is 286. The summed E-state index contributed by atoms with van der Waals surface area (Å²) in [5.74, 6) is 0. The largest absolute Gasteiger partial charge is 0.395 e. The first-order valence-corrected chi connectivity index (χ1v) is 6.09. The molecule has 1 rings (SSSR count). The van der Waals surface area contributed by atoms with Gasteiger partial charge in [-0.2, -0.15) is 0 Å². The van der Waals surface area contributed by atoms with Crippen molar-refractivity contribution in [3.8, 4) is 0 Å². The average Bonchev–Trinajstić information content (AvgIpc) is 2.27. The van der Waals surface area contributed by atoms with E-state index in [-0.39, 0.29) is 12.6 Å². The van der Waals surface area contributed by atoms with Crippen LogP contribution in [0, 0.1) is 0 Å². The molecule has 84 valence electrons. The van der Waals surface area contributed by atoms with Gasteiger partial charge < -0.3 is 10.4 Å². The molecule has 0 saturated heterocycles. The number of rotatable bonds is 5. The Morgan fingerprint density at radius 1 is 1.33 bits per heavy atom. The minimum absolute atomic E-state index is 0.138. The van der Waals surface area contributed by atoms with Crippen LogP contribution in [0.4, 0.5) is 0 Å². The van der Waals surface area contributed by atoms with Gasteiger partial charge in [0, 0.05) is 16.6 Å². The zero-order valence-corrected chi connectivity index (χ0v) is 10.8. The molecule has 0 radical (unpaired) electrons. The Morgan fingerprint density at radius 2 is 1.93 bits per heavy atom. The molecule has 2 N–H and O–H groups in total. The van der Waals surface area contributed by atoms with Crippen LogP contribution in [0.2, 0.25) is 0 Å². The highest BCUT2D eigenvalue weighted by Gasteiger charge is 2.11. The molecule has 3 heteroatoms. The van der Waals surface area contributed by atoms with Gasteiger partial charge in [-0.25, -0.2) is 0 Å². The molecule has 0 aliphatic heterocycles. The van der Waals surface area contributed by atoms with E-state index in [2.05, 4.69) is 40.3 Å². The standard InChI is InChI=1S/C12H18BrNO/c1-3-12(14-9(2)8-15)10-4-6-11(13)7-5-10/h4-7,9,12,14-15H,3,8H2,1-2H3/t9-,12-/m0/s1. The van der Waals surface area contributed by atoms with Crippen LogP contribution >= 0.6 is 15.9 Å².